The third-order valence-corrected chi connectivity index (χ3v) is 1.68. The largest absolute Gasteiger partial charge is 0.459 e. The van der Waals surface area contributed by atoms with Gasteiger partial charge in [0.2, 0.25) is 0 Å². The summed E-state index contributed by atoms with van der Waals surface area (Å²) in [6, 6.07) is 3.78. The fourth-order valence-electron chi connectivity index (χ4n) is 0.971. The molecular weight excluding hydrogens is 192 g/mol. The van der Waals surface area contributed by atoms with E-state index in [9.17, 15) is 4.79 Å². The van der Waals surface area contributed by atoms with E-state index in [1.54, 1.807) is 6.20 Å². The van der Waals surface area contributed by atoms with Gasteiger partial charge in [-0.1, -0.05) is 6.58 Å². The van der Waals surface area contributed by atoms with E-state index < -0.39 is 0 Å². The normalized spacial score (nSPS) is 9.47. The maximum absolute atomic E-state index is 10.5. The predicted molar refractivity (Wildman–Crippen MR) is 58.4 cm³/mol. The molecule has 4 heteroatoms. The molecule has 80 valence electrons. The Morgan fingerprint density at radius 3 is 2.87 bits per heavy atom. The molecule has 1 aromatic rings. The first-order chi connectivity index (χ1) is 7.08. The molecular formula is C11H14N2O2. The summed E-state index contributed by atoms with van der Waals surface area (Å²) in [6.45, 7) is 7.17. The van der Waals surface area contributed by atoms with Gasteiger partial charge in [-0.05, 0) is 19.1 Å². The van der Waals surface area contributed by atoms with Gasteiger partial charge in [0.1, 0.15) is 6.61 Å². The van der Waals surface area contributed by atoms with Crippen LogP contribution < -0.4 is 5.32 Å². The van der Waals surface area contributed by atoms with Crippen LogP contribution in [0, 0.1) is 6.92 Å². The first-order valence-electron chi connectivity index (χ1n) is 4.59. The van der Waals surface area contributed by atoms with Crippen molar-refractivity contribution in [1.29, 1.82) is 0 Å². The molecule has 0 fully saturated rings. The third kappa shape index (κ3) is 4.26. The van der Waals surface area contributed by atoms with E-state index >= 15 is 0 Å². The SMILES string of the molecule is C=C(COC(C)=O)Nc1ccc(C)nc1. The van der Waals surface area contributed by atoms with Gasteiger partial charge in [0.25, 0.3) is 0 Å². The molecule has 15 heavy (non-hydrogen) atoms. The van der Waals surface area contributed by atoms with Crippen LogP contribution in [-0.2, 0) is 9.53 Å². The average Bonchev–Trinajstić information content (AvgIpc) is 2.19. The van der Waals surface area contributed by atoms with Gasteiger partial charge in [-0.25, -0.2) is 0 Å². The topological polar surface area (TPSA) is 51.2 Å². The molecule has 0 aromatic carbocycles. The zero-order valence-electron chi connectivity index (χ0n) is 8.91. The van der Waals surface area contributed by atoms with Crippen molar-refractivity contribution in [3.05, 3.63) is 36.3 Å². The van der Waals surface area contributed by atoms with Crippen molar-refractivity contribution < 1.29 is 9.53 Å². The van der Waals surface area contributed by atoms with Gasteiger partial charge in [-0.15, -0.1) is 0 Å². The Labute approximate surface area is 89.0 Å². The van der Waals surface area contributed by atoms with E-state index in [2.05, 4.69) is 16.9 Å². The van der Waals surface area contributed by atoms with Crippen LogP contribution in [0.4, 0.5) is 5.69 Å². The van der Waals surface area contributed by atoms with Gasteiger partial charge >= 0.3 is 5.97 Å². The van der Waals surface area contributed by atoms with Crippen LogP contribution in [-0.4, -0.2) is 17.6 Å². The van der Waals surface area contributed by atoms with Crippen molar-refractivity contribution in [2.45, 2.75) is 13.8 Å². The van der Waals surface area contributed by atoms with Crippen molar-refractivity contribution >= 4 is 11.7 Å². The molecule has 0 aliphatic heterocycles. The molecule has 0 aliphatic rings. The lowest BCUT2D eigenvalue weighted by molar-refractivity contribution is -0.139. The number of nitrogens with zero attached hydrogens (tertiary/aromatic N) is 1. The molecule has 1 rings (SSSR count). The highest BCUT2D eigenvalue weighted by Gasteiger charge is 1.98. The van der Waals surface area contributed by atoms with Crippen molar-refractivity contribution in [2.24, 2.45) is 0 Å². The molecule has 0 saturated carbocycles. The van der Waals surface area contributed by atoms with E-state index in [4.69, 9.17) is 4.74 Å². The zero-order valence-corrected chi connectivity index (χ0v) is 8.91. The highest BCUT2D eigenvalue weighted by molar-refractivity contribution is 5.66. The lowest BCUT2D eigenvalue weighted by Gasteiger charge is -2.08. The molecule has 0 bridgehead atoms. The highest BCUT2D eigenvalue weighted by Crippen LogP contribution is 2.08. The highest BCUT2D eigenvalue weighted by atomic mass is 16.5. The van der Waals surface area contributed by atoms with Crippen molar-refractivity contribution in [3.63, 3.8) is 0 Å². The minimum Gasteiger partial charge on any atom is -0.459 e. The Morgan fingerprint density at radius 2 is 2.33 bits per heavy atom. The summed E-state index contributed by atoms with van der Waals surface area (Å²) in [5, 5.41) is 2.99. The maximum atomic E-state index is 10.5. The number of ether oxygens (including phenoxy) is 1. The predicted octanol–water partition coefficient (Wildman–Crippen LogP) is 1.88. The smallest absolute Gasteiger partial charge is 0.303 e. The molecule has 0 unspecified atom stereocenters. The molecule has 1 heterocycles. The van der Waals surface area contributed by atoms with Gasteiger partial charge in [0, 0.05) is 18.3 Å². The Hall–Kier alpha value is -1.84. The molecule has 0 spiro atoms. The molecule has 0 aliphatic carbocycles. The fraction of sp³-hybridized carbons (Fsp3) is 0.273. The summed E-state index contributed by atoms with van der Waals surface area (Å²) in [6.07, 6.45) is 1.70. The number of aryl methyl sites for hydroxylation is 1. The molecule has 4 nitrogen and oxygen atoms in total. The number of carbonyl (C=O) groups is 1. The van der Waals surface area contributed by atoms with Gasteiger partial charge in [-0.3, -0.25) is 9.78 Å². The van der Waals surface area contributed by atoms with E-state index in [0.29, 0.717) is 5.70 Å². The summed E-state index contributed by atoms with van der Waals surface area (Å²) in [4.78, 5) is 14.7. The minimum absolute atomic E-state index is 0.170. The number of rotatable bonds is 4. The summed E-state index contributed by atoms with van der Waals surface area (Å²) in [5.74, 6) is -0.319. The van der Waals surface area contributed by atoms with Gasteiger partial charge in [0.05, 0.1) is 11.9 Å². The van der Waals surface area contributed by atoms with Crippen molar-refractivity contribution in [3.8, 4) is 0 Å². The lowest BCUT2D eigenvalue weighted by Crippen LogP contribution is -2.09. The van der Waals surface area contributed by atoms with Crippen LogP contribution in [0.1, 0.15) is 12.6 Å². The Balaban J connectivity index is 2.44. The second-order valence-corrected chi connectivity index (χ2v) is 3.20. The van der Waals surface area contributed by atoms with E-state index in [1.807, 2.05) is 19.1 Å². The Morgan fingerprint density at radius 1 is 1.60 bits per heavy atom. The van der Waals surface area contributed by atoms with Crippen molar-refractivity contribution in [1.82, 2.24) is 4.98 Å². The quantitative estimate of drug-likeness (QED) is 0.764. The van der Waals surface area contributed by atoms with Crippen LogP contribution in [0.15, 0.2) is 30.6 Å². The summed E-state index contributed by atoms with van der Waals surface area (Å²) >= 11 is 0. The minimum atomic E-state index is -0.319. The average molecular weight is 206 g/mol. The van der Waals surface area contributed by atoms with Crippen LogP contribution in [0.5, 0.6) is 0 Å². The van der Waals surface area contributed by atoms with E-state index in [-0.39, 0.29) is 12.6 Å². The second-order valence-electron chi connectivity index (χ2n) is 3.20. The molecule has 1 aromatic heterocycles. The molecule has 0 atom stereocenters. The molecule has 0 amide bonds. The van der Waals surface area contributed by atoms with Crippen LogP contribution >= 0.6 is 0 Å². The summed E-state index contributed by atoms with van der Waals surface area (Å²) in [5.41, 5.74) is 2.40. The Bertz CT molecular complexity index is 357. The zero-order chi connectivity index (χ0) is 11.3. The lowest BCUT2D eigenvalue weighted by atomic mass is 10.3. The van der Waals surface area contributed by atoms with E-state index in [0.717, 1.165) is 11.4 Å². The summed E-state index contributed by atoms with van der Waals surface area (Å²) in [7, 11) is 0. The Kier molecular flexibility index (Phi) is 3.85. The molecule has 0 saturated heterocycles. The van der Waals surface area contributed by atoms with Gasteiger partial charge in [-0.2, -0.15) is 0 Å². The van der Waals surface area contributed by atoms with Gasteiger partial charge in [0.15, 0.2) is 0 Å². The second kappa shape index (κ2) is 5.14. The monoisotopic (exact) mass is 206 g/mol. The summed E-state index contributed by atoms with van der Waals surface area (Å²) < 4.78 is 4.78. The number of aromatic nitrogens is 1. The first kappa shape index (κ1) is 11.2. The maximum Gasteiger partial charge on any atom is 0.303 e. The van der Waals surface area contributed by atoms with Crippen LogP contribution in [0.2, 0.25) is 0 Å². The standard InChI is InChI=1S/C11H14N2O2/c1-8-4-5-11(6-12-8)13-9(2)7-15-10(3)14/h4-6,13H,2,7H2,1,3H3. The molecule has 1 N–H and O–H groups in total. The van der Waals surface area contributed by atoms with Crippen LogP contribution in [0.25, 0.3) is 0 Å². The number of anilines is 1. The number of carbonyl (C=O) groups excluding carboxylic acids is 1. The van der Waals surface area contributed by atoms with Gasteiger partial charge < -0.3 is 10.1 Å². The number of hydrogen-bond acceptors (Lipinski definition) is 4. The van der Waals surface area contributed by atoms with E-state index in [1.165, 1.54) is 6.92 Å². The van der Waals surface area contributed by atoms with Crippen molar-refractivity contribution in [2.75, 3.05) is 11.9 Å². The first-order valence-corrected chi connectivity index (χ1v) is 4.59. The number of esters is 1. The number of nitrogens with one attached hydrogen (secondary N) is 1. The number of hydrogen-bond donors (Lipinski definition) is 1. The van der Waals surface area contributed by atoms with Crippen LogP contribution in [0.3, 0.4) is 0 Å². The number of pyridine rings is 1. The fourth-order valence-corrected chi connectivity index (χ4v) is 0.971. The molecule has 0 radical (unpaired) electrons. The third-order valence-electron chi connectivity index (χ3n) is 1.68.